The highest BCUT2D eigenvalue weighted by atomic mass is 16.2. The first-order valence-electron chi connectivity index (χ1n) is 11.7. The van der Waals surface area contributed by atoms with Crippen LogP contribution in [0.25, 0.3) is 0 Å². The molecular weight excluding hydrogens is 408 g/mol. The molecule has 170 valence electrons. The fourth-order valence-corrected chi connectivity index (χ4v) is 5.99. The molecule has 2 unspecified atom stereocenters. The molecular formula is C24H30N4O4. The van der Waals surface area contributed by atoms with E-state index in [4.69, 9.17) is 0 Å². The van der Waals surface area contributed by atoms with Crippen LogP contribution in [0.1, 0.15) is 65.3 Å². The molecule has 1 spiro atoms. The van der Waals surface area contributed by atoms with E-state index in [1.54, 1.807) is 12.1 Å². The number of nitrogens with zero attached hydrogens (tertiary/aromatic N) is 2. The van der Waals surface area contributed by atoms with Crippen LogP contribution >= 0.6 is 0 Å². The van der Waals surface area contributed by atoms with E-state index in [1.807, 2.05) is 6.07 Å². The minimum atomic E-state index is -0.923. The number of piperidine rings is 3. The van der Waals surface area contributed by atoms with Gasteiger partial charge in [0.25, 0.3) is 11.8 Å². The number of hydrogen-bond acceptors (Lipinski definition) is 6. The molecule has 4 aliphatic heterocycles. The number of carbonyl (C=O) groups is 4. The van der Waals surface area contributed by atoms with Crippen LogP contribution in [0.5, 0.6) is 0 Å². The van der Waals surface area contributed by atoms with Crippen LogP contribution in [0.2, 0.25) is 0 Å². The SMILES string of the molecule is CC1CN(Cc2ccc3c(c2)C(=O)N(C2CCC(=O)NC2=O)C3=O)CCC12CCNCC2. The zero-order valence-corrected chi connectivity index (χ0v) is 18.5. The fraction of sp³-hybridized carbons (Fsp3) is 0.583. The molecule has 0 bridgehead atoms. The third-order valence-corrected chi connectivity index (χ3v) is 8.01. The van der Waals surface area contributed by atoms with E-state index in [-0.39, 0.29) is 18.7 Å². The summed E-state index contributed by atoms with van der Waals surface area (Å²) in [6.45, 7) is 7.39. The van der Waals surface area contributed by atoms with E-state index in [0.29, 0.717) is 22.5 Å². The Kier molecular flexibility index (Phi) is 5.37. The quantitative estimate of drug-likeness (QED) is 0.691. The maximum absolute atomic E-state index is 13.1. The number of imide groups is 2. The molecule has 1 aromatic carbocycles. The van der Waals surface area contributed by atoms with E-state index in [0.717, 1.165) is 43.2 Å². The molecule has 0 aliphatic carbocycles. The van der Waals surface area contributed by atoms with Crippen LogP contribution in [-0.4, -0.2) is 65.6 Å². The summed E-state index contributed by atoms with van der Waals surface area (Å²) in [7, 11) is 0. The lowest BCUT2D eigenvalue weighted by molar-refractivity contribution is -0.136. The molecule has 2 atom stereocenters. The monoisotopic (exact) mass is 438 g/mol. The number of fused-ring (bicyclic) bond motifs is 1. The van der Waals surface area contributed by atoms with E-state index in [1.165, 1.54) is 19.3 Å². The molecule has 5 rings (SSSR count). The van der Waals surface area contributed by atoms with Crippen molar-refractivity contribution in [3.63, 3.8) is 0 Å². The highest BCUT2D eigenvalue weighted by Crippen LogP contribution is 2.44. The Hall–Kier alpha value is -2.58. The van der Waals surface area contributed by atoms with E-state index < -0.39 is 23.8 Å². The van der Waals surface area contributed by atoms with Crippen molar-refractivity contribution < 1.29 is 19.2 Å². The van der Waals surface area contributed by atoms with Crippen molar-refractivity contribution in [3.8, 4) is 0 Å². The Morgan fingerprint density at radius 2 is 1.78 bits per heavy atom. The number of hydrogen-bond donors (Lipinski definition) is 2. The van der Waals surface area contributed by atoms with Gasteiger partial charge in [-0.1, -0.05) is 13.0 Å². The Morgan fingerprint density at radius 3 is 2.50 bits per heavy atom. The average Bonchev–Trinajstić information content (AvgIpc) is 3.02. The van der Waals surface area contributed by atoms with Crippen molar-refractivity contribution in [3.05, 3.63) is 34.9 Å². The third kappa shape index (κ3) is 3.55. The summed E-state index contributed by atoms with van der Waals surface area (Å²) in [4.78, 5) is 53.1. The van der Waals surface area contributed by atoms with Crippen molar-refractivity contribution in [2.75, 3.05) is 26.2 Å². The van der Waals surface area contributed by atoms with Crippen molar-refractivity contribution in [2.45, 2.75) is 51.6 Å². The molecule has 32 heavy (non-hydrogen) atoms. The second-order valence-corrected chi connectivity index (χ2v) is 9.83. The van der Waals surface area contributed by atoms with Crippen LogP contribution in [0.15, 0.2) is 18.2 Å². The van der Waals surface area contributed by atoms with Gasteiger partial charge < -0.3 is 5.32 Å². The summed E-state index contributed by atoms with van der Waals surface area (Å²) >= 11 is 0. The van der Waals surface area contributed by atoms with Crippen LogP contribution < -0.4 is 10.6 Å². The van der Waals surface area contributed by atoms with Gasteiger partial charge in [-0.3, -0.25) is 34.3 Å². The topological polar surface area (TPSA) is 98.8 Å². The van der Waals surface area contributed by atoms with Crippen molar-refractivity contribution in [1.29, 1.82) is 0 Å². The van der Waals surface area contributed by atoms with Gasteiger partial charge in [0.05, 0.1) is 11.1 Å². The largest absolute Gasteiger partial charge is 0.317 e. The summed E-state index contributed by atoms with van der Waals surface area (Å²) in [5.41, 5.74) is 2.15. The molecule has 2 N–H and O–H groups in total. The minimum absolute atomic E-state index is 0.125. The molecule has 8 nitrogen and oxygen atoms in total. The zero-order valence-electron chi connectivity index (χ0n) is 18.5. The molecule has 4 amide bonds. The second-order valence-electron chi connectivity index (χ2n) is 9.83. The standard InChI is InChI=1S/C24H30N4O4/c1-15-13-27(11-8-24(15)6-9-25-10-7-24)14-16-2-3-17-18(12-16)23(32)28(22(17)31)19-4-5-20(29)26-21(19)30/h2-3,12,15,19,25H,4-11,13-14H2,1H3,(H,26,29,30). The Balaban J connectivity index is 1.29. The van der Waals surface area contributed by atoms with Crippen LogP contribution in [0, 0.1) is 11.3 Å². The Labute approximate surface area is 187 Å². The van der Waals surface area contributed by atoms with E-state index >= 15 is 0 Å². The molecule has 0 saturated carbocycles. The van der Waals surface area contributed by atoms with Gasteiger partial charge in [-0.15, -0.1) is 0 Å². The second kappa shape index (κ2) is 8.08. The number of carbonyl (C=O) groups excluding carboxylic acids is 4. The van der Waals surface area contributed by atoms with Crippen LogP contribution in [0.3, 0.4) is 0 Å². The van der Waals surface area contributed by atoms with Gasteiger partial charge in [0.1, 0.15) is 6.04 Å². The lowest BCUT2D eigenvalue weighted by atomic mass is 9.65. The molecule has 3 fully saturated rings. The third-order valence-electron chi connectivity index (χ3n) is 8.01. The van der Waals surface area contributed by atoms with Crippen molar-refractivity contribution in [2.24, 2.45) is 11.3 Å². The van der Waals surface area contributed by atoms with Crippen molar-refractivity contribution in [1.82, 2.24) is 20.4 Å². The first kappa shape index (κ1) is 21.3. The molecule has 8 heteroatoms. The summed E-state index contributed by atoms with van der Waals surface area (Å²) in [5.74, 6) is -1.22. The molecule has 0 radical (unpaired) electrons. The Morgan fingerprint density at radius 1 is 1.03 bits per heavy atom. The predicted molar refractivity (Wildman–Crippen MR) is 117 cm³/mol. The molecule has 1 aromatic rings. The van der Waals surface area contributed by atoms with Gasteiger partial charge in [-0.05, 0) is 74.3 Å². The Bertz CT molecular complexity index is 984. The van der Waals surface area contributed by atoms with Gasteiger partial charge in [-0.2, -0.15) is 0 Å². The zero-order chi connectivity index (χ0) is 22.5. The maximum atomic E-state index is 13.1. The molecule has 0 aromatic heterocycles. The lowest BCUT2D eigenvalue weighted by Crippen LogP contribution is -2.54. The van der Waals surface area contributed by atoms with Gasteiger partial charge >= 0.3 is 0 Å². The van der Waals surface area contributed by atoms with Gasteiger partial charge in [-0.25, -0.2) is 0 Å². The fourth-order valence-electron chi connectivity index (χ4n) is 5.99. The summed E-state index contributed by atoms with van der Waals surface area (Å²) < 4.78 is 0. The van der Waals surface area contributed by atoms with Gasteiger partial charge in [0, 0.05) is 19.5 Å². The lowest BCUT2D eigenvalue weighted by Gasteiger charge is -2.49. The normalized spacial score (nSPS) is 28.2. The van der Waals surface area contributed by atoms with Gasteiger partial charge in [0.15, 0.2) is 0 Å². The number of benzene rings is 1. The van der Waals surface area contributed by atoms with Crippen LogP contribution in [0.4, 0.5) is 0 Å². The molecule has 3 saturated heterocycles. The summed E-state index contributed by atoms with van der Waals surface area (Å²) in [6.07, 6.45) is 3.98. The van der Waals surface area contributed by atoms with Crippen molar-refractivity contribution >= 4 is 23.6 Å². The minimum Gasteiger partial charge on any atom is -0.317 e. The highest BCUT2D eigenvalue weighted by Gasteiger charge is 2.45. The first-order valence-corrected chi connectivity index (χ1v) is 11.7. The average molecular weight is 439 g/mol. The van der Waals surface area contributed by atoms with E-state index in [2.05, 4.69) is 22.5 Å². The predicted octanol–water partition coefficient (Wildman–Crippen LogP) is 1.30. The number of nitrogens with one attached hydrogen (secondary N) is 2. The van der Waals surface area contributed by atoms with Crippen LogP contribution in [-0.2, 0) is 16.1 Å². The highest BCUT2D eigenvalue weighted by molar-refractivity contribution is 6.23. The van der Waals surface area contributed by atoms with E-state index in [9.17, 15) is 19.2 Å². The number of rotatable bonds is 3. The summed E-state index contributed by atoms with van der Waals surface area (Å²) in [6, 6.07) is 4.50. The molecule has 4 aliphatic rings. The first-order chi connectivity index (χ1) is 15.4. The number of likely N-dealkylation sites (tertiary alicyclic amines) is 1. The molecule has 4 heterocycles. The smallest absolute Gasteiger partial charge is 0.262 e. The number of amides is 4. The summed E-state index contributed by atoms with van der Waals surface area (Å²) in [5, 5.41) is 5.71. The maximum Gasteiger partial charge on any atom is 0.262 e. The van der Waals surface area contributed by atoms with Gasteiger partial charge in [0.2, 0.25) is 11.8 Å².